The van der Waals surface area contributed by atoms with Crippen LogP contribution < -0.4 is 5.73 Å². The Morgan fingerprint density at radius 2 is 1.86 bits per heavy atom. The lowest BCUT2D eigenvalue weighted by molar-refractivity contribution is 0.00721. The molecule has 3 nitrogen and oxygen atoms in total. The Kier molecular flexibility index (Phi) is 4.37. The van der Waals surface area contributed by atoms with Crippen molar-refractivity contribution in [1.29, 1.82) is 0 Å². The Bertz CT molecular complexity index is 639. The standard InChI is InChI=1S/C17H21NO2S/c1-5-12-13(11-9-7-6-8-10-11)14(15(18)21-12)16(19)20-17(2,3)4/h6-10H,5,18H2,1-4H3. The van der Waals surface area contributed by atoms with E-state index in [1.807, 2.05) is 51.1 Å². The largest absolute Gasteiger partial charge is 0.456 e. The molecular weight excluding hydrogens is 282 g/mol. The number of thiophene rings is 1. The van der Waals surface area contributed by atoms with E-state index in [1.54, 1.807) is 0 Å². The summed E-state index contributed by atoms with van der Waals surface area (Å²) in [5.41, 5.74) is 7.97. The van der Waals surface area contributed by atoms with Gasteiger partial charge >= 0.3 is 5.97 Å². The summed E-state index contributed by atoms with van der Waals surface area (Å²) in [6.07, 6.45) is 0.835. The first-order valence-electron chi connectivity index (χ1n) is 7.03. The number of esters is 1. The molecule has 0 spiro atoms. The summed E-state index contributed by atoms with van der Waals surface area (Å²) < 4.78 is 5.51. The number of anilines is 1. The van der Waals surface area contributed by atoms with E-state index in [0.717, 1.165) is 22.4 Å². The molecule has 0 aliphatic rings. The zero-order chi connectivity index (χ0) is 15.6. The van der Waals surface area contributed by atoms with E-state index in [0.29, 0.717) is 10.6 Å². The summed E-state index contributed by atoms with van der Waals surface area (Å²) in [5.74, 6) is -0.352. The van der Waals surface area contributed by atoms with Gasteiger partial charge in [0.1, 0.15) is 16.2 Å². The number of nitrogen functional groups attached to an aromatic ring is 1. The Balaban J connectivity index is 2.56. The minimum absolute atomic E-state index is 0.352. The number of nitrogens with two attached hydrogens (primary N) is 1. The minimum atomic E-state index is -0.536. The van der Waals surface area contributed by atoms with Crippen LogP contribution in [-0.2, 0) is 11.2 Å². The molecule has 0 fully saturated rings. The van der Waals surface area contributed by atoms with Crippen molar-refractivity contribution < 1.29 is 9.53 Å². The van der Waals surface area contributed by atoms with Crippen LogP contribution in [0.15, 0.2) is 30.3 Å². The Labute approximate surface area is 129 Å². The zero-order valence-corrected chi connectivity index (χ0v) is 13.7. The molecule has 1 heterocycles. The zero-order valence-electron chi connectivity index (χ0n) is 12.9. The second kappa shape index (κ2) is 5.90. The Hall–Kier alpha value is -1.81. The maximum absolute atomic E-state index is 12.5. The number of aryl methyl sites for hydroxylation is 1. The third-order valence-corrected chi connectivity index (χ3v) is 4.16. The molecule has 2 aromatic rings. The molecule has 0 aliphatic carbocycles. The average Bonchev–Trinajstić information content (AvgIpc) is 2.74. The molecule has 0 radical (unpaired) electrons. The van der Waals surface area contributed by atoms with Gasteiger partial charge in [-0.15, -0.1) is 11.3 Å². The highest BCUT2D eigenvalue weighted by Crippen LogP contribution is 2.39. The number of carbonyl (C=O) groups is 1. The molecule has 0 saturated carbocycles. The van der Waals surface area contributed by atoms with Crippen LogP contribution in [0.25, 0.3) is 11.1 Å². The van der Waals surface area contributed by atoms with Crippen molar-refractivity contribution in [2.45, 2.75) is 39.7 Å². The molecule has 4 heteroatoms. The third-order valence-electron chi connectivity index (χ3n) is 2.99. The fourth-order valence-corrected chi connectivity index (χ4v) is 3.21. The van der Waals surface area contributed by atoms with Crippen molar-refractivity contribution in [3.8, 4) is 11.1 Å². The number of hydrogen-bond acceptors (Lipinski definition) is 4. The molecule has 0 aliphatic heterocycles. The predicted molar refractivity (Wildman–Crippen MR) is 88.7 cm³/mol. The Morgan fingerprint density at radius 1 is 1.24 bits per heavy atom. The molecule has 0 unspecified atom stereocenters. The van der Waals surface area contributed by atoms with Gasteiger partial charge in [-0.2, -0.15) is 0 Å². The fourth-order valence-electron chi connectivity index (χ4n) is 2.19. The van der Waals surface area contributed by atoms with Crippen LogP contribution in [0, 0.1) is 0 Å². The predicted octanol–water partition coefficient (Wildman–Crippen LogP) is 4.52. The van der Waals surface area contributed by atoms with Crippen LogP contribution in [0.2, 0.25) is 0 Å². The van der Waals surface area contributed by atoms with Crippen molar-refractivity contribution in [3.05, 3.63) is 40.8 Å². The first kappa shape index (κ1) is 15.6. The van der Waals surface area contributed by atoms with Gasteiger partial charge in [0.15, 0.2) is 0 Å². The van der Waals surface area contributed by atoms with Gasteiger partial charge in [0, 0.05) is 10.4 Å². The lowest BCUT2D eigenvalue weighted by Gasteiger charge is -2.20. The highest BCUT2D eigenvalue weighted by molar-refractivity contribution is 7.17. The highest BCUT2D eigenvalue weighted by Gasteiger charge is 2.27. The van der Waals surface area contributed by atoms with Crippen LogP contribution in [0.5, 0.6) is 0 Å². The summed E-state index contributed by atoms with van der Waals surface area (Å²) in [7, 11) is 0. The minimum Gasteiger partial charge on any atom is -0.456 e. The number of ether oxygens (including phenoxy) is 1. The molecular formula is C17H21NO2S. The van der Waals surface area contributed by atoms with E-state index in [1.165, 1.54) is 11.3 Å². The first-order valence-corrected chi connectivity index (χ1v) is 7.85. The summed E-state index contributed by atoms with van der Waals surface area (Å²) in [6.45, 7) is 7.64. The SMILES string of the molecule is CCc1sc(N)c(C(=O)OC(C)(C)C)c1-c1ccccc1. The van der Waals surface area contributed by atoms with Crippen molar-refractivity contribution in [3.63, 3.8) is 0 Å². The second-order valence-electron chi connectivity index (χ2n) is 5.86. The molecule has 0 saturated heterocycles. The maximum atomic E-state index is 12.5. The monoisotopic (exact) mass is 303 g/mol. The van der Waals surface area contributed by atoms with E-state index in [2.05, 4.69) is 6.92 Å². The number of benzene rings is 1. The molecule has 2 N–H and O–H groups in total. The number of carbonyl (C=O) groups excluding carboxylic acids is 1. The van der Waals surface area contributed by atoms with E-state index in [-0.39, 0.29) is 5.97 Å². The van der Waals surface area contributed by atoms with Crippen LogP contribution >= 0.6 is 11.3 Å². The molecule has 0 amide bonds. The van der Waals surface area contributed by atoms with Crippen LogP contribution in [-0.4, -0.2) is 11.6 Å². The molecule has 1 aromatic heterocycles. The normalized spacial score (nSPS) is 11.4. The number of hydrogen-bond donors (Lipinski definition) is 1. The van der Waals surface area contributed by atoms with E-state index < -0.39 is 5.60 Å². The van der Waals surface area contributed by atoms with Crippen molar-refractivity contribution in [1.82, 2.24) is 0 Å². The third kappa shape index (κ3) is 3.45. The van der Waals surface area contributed by atoms with Gasteiger partial charge in [-0.05, 0) is 32.8 Å². The first-order chi connectivity index (χ1) is 9.83. The molecule has 0 bridgehead atoms. The lowest BCUT2D eigenvalue weighted by atomic mass is 10.00. The fraction of sp³-hybridized carbons (Fsp3) is 0.353. The Morgan fingerprint density at radius 3 is 2.38 bits per heavy atom. The van der Waals surface area contributed by atoms with Crippen molar-refractivity contribution >= 4 is 22.3 Å². The van der Waals surface area contributed by atoms with Gasteiger partial charge in [0.25, 0.3) is 0 Å². The van der Waals surface area contributed by atoms with Crippen LogP contribution in [0.4, 0.5) is 5.00 Å². The number of rotatable bonds is 3. The quantitative estimate of drug-likeness (QED) is 0.848. The van der Waals surface area contributed by atoms with E-state index >= 15 is 0 Å². The summed E-state index contributed by atoms with van der Waals surface area (Å²) in [4.78, 5) is 13.6. The van der Waals surface area contributed by atoms with Crippen LogP contribution in [0.1, 0.15) is 42.9 Å². The van der Waals surface area contributed by atoms with Crippen LogP contribution in [0.3, 0.4) is 0 Å². The van der Waals surface area contributed by atoms with Crippen molar-refractivity contribution in [2.75, 3.05) is 5.73 Å². The van der Waals surface area contributed by atoms with Gasteiger partial charge in [0.05, 0.1) is 0 Å². The molecule has 21 heavy (non-hydrogen) atoms. The van der Waals surface area contributed by atoms with Gasteiger partial charge in [-0.1, -0.05) is 37.3 Å². The highest BCUT2D eigenvalue weighted by atomic mass is 32.1. The molecule has 0 atom stereocenters. The summed E-state index contributed by atoms with van der Waals surface area (Å²) in [5, 5.41) is 0.528. The van der Waals surface area contributed by atoms with Gasteiger partial charge in [-0.25, -0.2) is 4.79 Å². The lowest BCUT2D eigenvalue weighted by Crippen LogP contribution is -2.24. The van der Waals surface area contributed by atoms with Gasteiger partial charge in [-0.3, -0.25) is 0 Å². The second-order valence-corrected chi connectivity index (χ2v) is 7.00. The van der Waals surface area contributed by atoms with Gasteiger partial charge in [0.2, 0.25) is 0 Å². The maximum Gasteiger partial charge on any atom is 0.342 e. The van der Waals surface area contributed by atoms with E-state index in [9.17, 15) is 4.79 Å². The van der Waals surface area contributed by atoms with Gasteiger partial charge < -0.3 is 10.5 Å². The molecule has 112 valence electrons. The average molecular weight is 303 g/mol. The molecule has 2 rings (SSSR count). The topological polar surface area (TPSA) is 52.3 Å². The van der Waals surface area contributed by atoms with E-state index in [4.69, 9.17) is 10.5 Å². The summed E-state index contributed by atoms with van der Waals surface area (Å²) in [6, 6.07) is 9.87. The summed E-state index contributed by atoms with van der Waals surface area (Å²) >= 11 is 1.47. The molecule has 1 aromatic carbocycles. The smallest absolute Gasteiger partial charge is 0.342 e. The van der Waals surface area contributed by atoms with Crippen molar-refractivity contribution in [2.24, 2.45) is 0 Å².